The van der Waals surface area contributed by atoms with Gasteiger partial charge in [0.2, 0.25) is 0 Å². The molecule has 3 aromatic rings. The van der Waals surface area contributed by atoms with Gasteiger partial charge in [0, 0.05) is 35.5 Å². The zero-order valence-electron chi connectivity index (χ0n) is 12.7. The van der Waals surface area contributed by atoms with Crippen LogP contribution >= 0.6 is 0 Å². The van der Waals surface area contributed by atoms with Crippen molar-refractivity contribution in [1.82, 2.24) is 25.0 Å². The maximum absolute atomic E-state index is 4.51. The van der Waals surface area contributed by atoms with Crippen LogP contribution in [0.1, 0.15) is 38.5 Å². The molecule has 5 nitrogen and oxygen atoms in total. The van der Waals surface area contributed by atoms with Gasteiger partial charge in [0.15, 0.2) is 5.65 Å². The van der Waals surface area contributed by atoms with Crippen molar-refractivity contribution < 1.29 is 0 Å². The van der Waals surface area contributed by atoms with Crippen LogP contribution in [0.4, 0.5) is 0 Å². The topological polar surface area (TPSA) is 59.4 Å². The third-order valence-corrected chi connectivity index (χ3v) is 4.78. The van der Waals surface area contributed by atoms with E-state index in [4.69, 9.17) is 0 Å². The van der Waals surface area contributed by atoms with Crippen LogP contribution in [-0.2, 0) is 6.54 Å². The fraction of sp³-hybridized carbons (Fsp3) is 0.471. The molecule has 1 aliphatic rings. The SMILES string of the molecule is c1cc2c(-c3cnn(CCCC4CCCC4)c3)cnnc2[nH]1. The third kappa shape index (κ3) is 2.63. The second kappa shape index (κ2) is 5.91. The smallest absolute Gasteiger partial charge is 0.160 e. The molecular formula is C17H21N5. The summed E-state index contributed by atoms with van der Waals surface area (Å²) in [5, 5.41) is 13.8. The van der Waals surface area contributed by atoms with Gasteiger partial charge in [-0.2, -0.15) is 10.2 Å². The predicted octanol–water partition coefficient (Wildman–Crippen LogP) is 3.79. The summed E-state index contributed by atoms with van der Waals surface area (Å²) < 4.78 is 2.06. The molecule has 114 valence electrons. The Morgan fingerprint density at radius 1 is 1.23 bits per heavy atom. The van der Waals surface area contributed by atoms with Crippen LogP contribution in [0.3, 0.4) is 0 Å². The minimum absolute atomic E-state index is 0.825. The number of aromatic nitrogens is 5. The van der Waals surface area contributed by atoms with Gasteiger partial charge in [0.1, 0.15) is 0 Å². The third-order valence-electron chi connectivity index (χ3n) is 4.78. The van der Waals surface area contributed by atoms with Crippen LogP contribution in [0, 0.1) is 5.92 Å². The molecule has 0 unspecified atom stereocenters. The van der Waals surface area contributed by atoms with Gasteiger partial charge in [-0.3, -0.25) is 4.68 Å². The van der Waals surface area contributed by atoms with E-state index >= 15 is 0 Å². The molecule has 0 amide bonds. The van der Waals surface area contributed by atoms with Crippen LogP contribution in [0.2, 0.25) is 0 Å². The monoisotopic (exact) mass is 295 g/mol. The molecule has 3 aromatic heterocycles. The fourth-order valence-electron chi connectivity index (χ4n) is 3.57. The normalized spacial score (nSPS) is 15.8. The highest BCUT2D eigenvalue weighted by atomic mass is 15.3. The maximum Gasteiger partial charge on any atom is 0.160 e. The summed E-state index contributed by atoms with van der Waals surface area (Å²) in [7, 11) is 0. The van der Waals surface area contributed by atoms with Crippen molar-refractivity contribution in [3.8, 4) is 11.1 Å². The number of aromatic amines is 1. The molecule has 3 heterocycles. The molecule has 0 bridgehead atoms. The maximum atomic E-state index is 4.51. The first kappa shape index (κ1) is 13.5. The highest BCUT2D eigenvalue weighted by Gasteiger charge is 2.14. The van der Waals surface area contributed by atoms with Crippen molar-refractivity contribution in [2.45, 2.75) is 45.1 Å². The van der Waals surface area contributed by atoms with Gasteiger partial charge < -0.3 is 4.98 Å². The van der Waals surface area contributed by atoms with E-state index in [-0.39, 0.29) is 0 Å². The molecule has 0 aliphatic heterocycles. The number of hydrogen-bond acceptors (Lipinski definition) is 3. The fourth-order valence-corrected chi connectivity index (χ4v) is 3.57. The van der Waals surface area contributed by atoms with E-state index < -0.39 is 0 Å². The summed E-state index contributed by atoms with van der Waals surface area (Å²) in [6.07, 6.45) is 16.0. The Balaban J connectivity index is 1.45. The van der Waals surface area contributed by atoms with Crippen molar-refractivity contribution in [2.75, 3.05) is 0 Å². The van der Waals surface area contributed by atoms with Gasteiger partial charge in [-0.25, -0.2) is 0 Å². The Labute approximate surface area is 129 Å². The van der Waals surface area contributed by atoms with Gasteiger partial charge in [-0.15, -0.1) is 5.10 Å². The van der Waals surface area contributed by atoms with Gasteiger partial charge in [-0.05, 0) is 24.8 Å². The van der Waals surface area contributed by atoms with Crippen molar-refractivity contribution in [3.63, 3.8) is 0 Å². The molecule has 1 saturated carbocycles. The summed E-state index contributed by atoms with van der Waals surface area (Å²) in [6.45, 7) is 1.01. The van der Waals surface area contributed by atoms with Crippen LogP contribution in [-0.4, -0.2) is 25.0 Å². The molecule has 0 spiro atoms. The van der Waals surface area contributed by atoms with Crippen molar-refractivity contribution in [1.29, 1.82) is 0 Å². The molecule has 1 aliphatic carbocycles. The summed E-state index contributed by atoms with van der Waals surface area (Å²) in [5.41, 5.74) is 3.03. The van der Waals surface area contributed by atoms with Crippen LogP contribution < -0.4 is 0 Å². The molecule has 0 saturated heterocycles. The summed E-state index contributed by atoms with van der Waals surface area (Å²) >= 11 is 0. The Morgan fingerprint density at radius 3 is 3.05 bits per heavy atom. The minimum Gasteiger partial charge on any atom is -0.345 e. The summed E-state index contributed by atoms with van der Waals surface area (Å²) in [6, 6.07) is 2.04. The lowest BCUT2D eigenvalue weighted by Gasteiger charge is -2.08. The van der Waals surface area contributed by atoms with E-state index in [9.17, 15) is 0 Å². The van der Waals surface area contributed by atoms with Crippen molar-refractivity contribution in [2.24, 2.45) is 5.92 Å². The zero-order valence-corrected chi connectivity index (χ0v) is 12.7. The van der Waals surface area contributed by atoms with E-state index in [2.05, 4.69) is 31.2 Å². The van der Waals surface area contributed by atoms with E-state index in [1.807, 2.05) is 24.7 Å². The summed E-state index contributed by atoms with van der Waals surface area (Å²) in [5.74, 6) is 0.957. The Bertz CT molecular complexity index is 751. The first-order valence-corrected chi connectivity index (χ1v) is 8.22. The number of aryl methyl sites for hydroxylation is 1. The minimum atomic E-state index is 0.825. The van der Waals surface area contributed by atoms with E-state index in [0.717, 1.165) is 34.6 Å². The first-order chi connectivity index (χ1) is 10.9. The van der Waals surface area contributed by atoms with Crippen molar-refractivity contribution >= 4 is 11.0 Å². The number of rotatable bonds is 5. The van der Waals surface area contributed by atoms with E-state index in [0.29, 0.717) is 0 Å². The summed E-state index contributed by atoms with van der Waals surface area (Å²) in [4.78, 5) is 3.10. The average molecular weight is 295 g/mol. The molecule has 5 heteroatoms. The molecule has 1 N–H and O–H groups in total. The zero-order chi connectivity index (χ0) is 14.8. The lowest BCUT2D eigenvalue weighted by atomic mass is 10.0. The Hall–Kier alpha value is -2.17. The highest BCUT2D eigenvalue weighted by Crippen LogP contribution is 2.29. The van der Waals surface area contributed by atoms with Gasteiger partial charge in [0.05, 0.1) is 12.4 Å². The molecule has 0 radical (unpaired) electrons. The van der Waals surface area contributed by atoms with Crippen LogP contribution in [0.15, 0.2) is 30.9 Å². The second-order valence-corrected chi connectivity index (χ2v) is 6.28. The molecule has 4 rings (SSSR count). The highest BCUT2D eigenvalue weighted by molar-refractivity contribution is 5.91. The predicted molar refractivity (Wildman–Crippen MR) is 86.3 cm³/mol. The first-order valence-electron chi connectivity index (χ1n) is 8.22. The van der Waals surface area contributed by atoms with Crippen molar-refractivity contribution in [3.05, 3.63) is 30.9 Å². The number of nitrogens with zero attached hydrogens (tertiary/aromatic N) is 4. The van der Waals surface area contributed by atoms with Gasteiger partial charge >= 0.3 is 0 Å². The van der Waals surface area contributed by atoms with Crippen LogP contribution in [0.5, 0.6) is 0 Å². The molecule has 22 heavy (non-hydrogen) atoms. The van der Waals surface area contributed by atoms with E-state index in [1.54, 1.807) is 0 Å². The largest absolute Gasteiger partial charge is 0.345 e. The quantitative estimate of drug-likeness (QED) is 0.779. The Morgan fingerprint density at radius 2 is 2.14 bits per heavy atom. The molecule has 0 atom stereocenters. The lowest BCUT2D eigenvalue weighted by molar-refractivity contribution is 0.446. The molecule has 0 aromatic carbocycles. The number of hydrogen-bond donors (Lipinski definition) is 1. The molecule has 1 fully saturated rings. The number of nitrogens with one attached hydrogen (secondary N) is 1. The van der Waals surface area contributed by atoms with E-state index in [1.165, 1.54) is 38.5 Å². The molecular weight excluding hydrogens is 274 g/mol. The lowest BCUT2D eigenvalue weighted by Crippen LogP contribution is -2.01. The van der Waals surface area contributed by atoms with Gasteiger partial charge in [0.25, 0.3) is 0 Å². The van der Waals surface area contributed by atoms with Crippen LogP contribution in [0.25, 0.3) is 22.2 Å². The average Bonchev–Trinajstić information content (AvgIpc) is 3.28. The standard InChI is InChI=1S/C17H21N5/c1-2-5-13(4-1)6-3-9-22-12-14(10-20-22)16-11-19-21-17-15(16)7-8-18-17/h7-8,10-13H,1-6,9H2,(H,18,21). The second-order valence-electron chi connectivity index (χ2n) is 6.28. The number of fused-ring (bicyclic) bond motifs is 1. The van der Waals surface area contributed by atoms with Gasteiger partial charge in [-0.1, -0.05) is 25.7 Å². The number of H-pyrrole nitrogens is 1. The Kier molecular flexibility index (Phi) is 3.62.